The minimum absolute atomic E-state index is 0.150. The van der Waals surface area contributed by atoms with E-state index in [1.807, 2.05) is 12.1 Å². The summed E-state index contributed by atoms with van der Waals surface area (Å²) in [6.45, 7) is 0. The van der Waals surface area contributed by atoms with Crippen molar-refractivity contribution in [3.8, 4) is 0 Å². The molecule has 0 spiro atoms. The number of carbonyl (C=O) groups is 1. The van der Waals surface area contributed by atoms with Gasteiger partial charge in [-0.1, -0.05) is 24.3 Å². The average Bonchev–Trinajstić information content (AvgIpc) is 2.35. The van der Waals surface area contributed by atoms with Gasteiger partial charge in [-0.05, 0) is 29.8 Å². The maximum absolute atomic E-state index is 12.7. The molecule has 2 nitrogen and oxygen atoms in total. The number of halogens is 1. The van der Waals surface area contributed by atoms with E-state index < -0.39 is 0 Å². The number of anilines is 1. The van der Waals surface area contributed by atoms with Gasteiger partial charge in [0.05, 0.1) is 12.1 Å². The summed E-state index contributed by atoms with van der Waals surface area (Å²) in [6.07, 6.45) is 0.211. The molecule has 2 aromatic rings. The number of para-hydroxylation sites is 1. The lowest BCUT2D eigenvalue weighted by Gasteiger charge is -2.07. The SMILES string of the molecule is O=C(Cc1ccc(F)cc1)Nc1ccccc1S. The van der Waals surface area contributed by atoms with Gasteiger partial charge in [0.25, 0.3) is 0 Å². The van der Waals surface area contributed by atoms with E-state index in [4.69, 9.17) is 0 Å². The van der Waals surface area contributed by atoms with E-state index >= 15 is 0 Å². The number of amides is 1. The first-order valence-corrected chi connectivity index (χ1v) is 5.92. The third-order valence-corrected chi connectivity index (χ3v) is 2.85. The van der Waals surface area contributed by atoms with Crippen LogP contribution in [-0.2, 0) is 11.2 Å². The standard InChI is InChI=1S/C14H12FNOS/c15-11-7-5-10(6-8-11)9-14(17)16-12-3-1-2-4-13(12)18/h1-8,18H,9H2,(H,16,17). The molecule has 2 rings (SSSR count). The number of hydrogen-bond donors (Lipinski definition) is 2. The van der Waals surface area contributed by atoms with Gasteiger partial charge < -0.3 is 5.32 Å². The van der Waals surface area contributed by atoms with Crippen molar-refractivity contribution in [2.45, 2.75) is 11.3 Å². The second-order valence-corrected chi connectivity index (χ2v) is 4.35. The van der Waals surface area contributed by atoms with Crippen molar-refractivity contribution in [3.63, 3.8) is 0 Å². The quantitative estimate of drug-likeness (QED) is 0.816. The van der Waals surface area contributed by atoms with E-state index in [1.165, 1.54) is 12.1 Å². The van der Waals surface area contributed by atoms with Gasteiger partial charge in [0, 0.05) is 4.90 Å². The second kappa shape index (κ2) is 5.69. The third kappa shape index (κ3) is 3.34. The average molecular weight is 261 g/mol. The zero-order valence-electron chi connectivity index (χ0n) is 9.56. The minimum atomic E-state index is -0.306. The van der Waals surface area contributed by atoms with Crippen LogP contribution in [0.2, 0.25) is 0 Å². The van der Waals surface area contributed by atoms with E-state index in [2.05, 4.69) is 17.9 Å². The minimum Gasteiger partial charge on any atom is -0.325 e. The van der Waals surface area contributed by atoms with Crippen LogP contribution in [-0.4, -0.2) is 5.91 Å². The van der Waals surface area contributed by atoms with E-state index in [-0.39, 0.29) is 18.1 Å². The third-order valence-electron chi connectivity index (χ3n) is 2.46. The summed E-state index contributed by atoms with van der Waals surface area (Å²) in [5.41, 5.74) is 1.44. The molecule has 0 aromatic heterocycles. The number of thiol groups is 1. The molecular weight excluding hydrogens is 249 g/mol. The highest BCUT2D eigenvalue weighted by atomic mass is 32.1. The molecule has 0 unspecified atom stereocenters. The van der Waals surface area contributed by atoms with Crippen LogP contribution < -0.4 is 5.32 Å². The van der Waals surface area contributed by atoms with Gasteiger partial charge in [0.2, 0.25) is 5.91 Å². The largest absolute Gasteiger partial charge is 0.325 e. The van der Waals surface area contributed by atoms with Gasteiger partial charge in [-0.15, -0.1) is 12.6 Å². The molecule has 0 aliphatic rings. The Kier molecular flexibility index (Phi) is 3.99. The maximum Gasteiger partial charge on any atom is 0.228 e. The molecule has 0 aliphatic carbocycles. The highest BCUT2D eigenvalue weighted by molar-refractivity contribution is 7.80. The zero-order chi connectivity index (χ0) is 13.0. The number of nitrogens with one attached hydrogen (secondary N) is 1. The molecule has 4 heteroatoms. The Morgan fingerprint density at radius 1 is 1.11 bits per heavy atom. The monoisotopic (exact) mass is 261 g/mol. The van der Waals surface area contributed by atoms with Crippen molar-refractivity contribution in [3.05, 3.63) is 59.9 Å². The summed E-state index contributed by atoms with van der Waals surface area (Å²) in [6, 6.07) is 13.1. The fourth-order valence-corrected chi connectivity index (χ4v) is 1.78. The van der Waals surface area contributed by atoms with Crippen molar-refractivity contribution in [1.29, 1.82) is 0 Å². The lowest BCUT2D eigenvalue weighted by molar-refractivity contribution is -0.115. The zero-order valence-corrected chi connectivity index (χ0v) is 10.5. The van der Waals surface area contributed by atoms with Gasteiger partial charge in [-0.25, -0.2) is 4.39 Å². The van der Waals surface area contributed by atoms with Crippen LogP contribution in [0.3, 0.4) is 0 Å². The molecule has 0 aliphatic heterocycles. The summed E-state index contributed by atoms with van der Waals surface area (Å²) < 4.78 is 12.7. The van der Waals surface area contributed by atoms with Crippen molar-refractivity contribution in [2.75, 3.05) is 5.32 Å². The van der Waals surface area contributed by atoms with Crippen LogP contribution in [0.15, 0.2) is 53.4 Å². The van der Waals surface area contributed by atoms with E-state index in [0.29, 0.717) is 10.6 Å². The summed E-state index contributed by atoms with van der Waals surface area (Å²) in [5.74, 6) is -0.456. The Morgan fingerprint density at radius 3 is 2.44 bits per heavy atom. The molecule has 2 aromatic carbocycles. The Bertz CT molecular complexity index is 554. The number of carbonyl (C=O) groups excluding carboxylic acids is 1. The molecule has 0 radical (unpaired) electrons. The highest BCUT2D eigenvalue weighted by Gasteiger charge is 2.05. The van der Waals surface area contributed by atoms with Gasteiger partial charge in [-0.3, -0.25) is 4.79 Å². The Morgan fingerprint density at radius 2 is 1.78 bits per heavy atom. The molecule has 18 heavy (non-hydrogen) atoms. The van der Waals surface area contributed by atoms with Crippen LogP contribution in [0.5, 0.6) is 0 Å². The molecule has 92 valence electrons. The first-order chi connectivity index (χ1) is 8.65. The van der Waals surface area contributed by atoms with Crippen LogP contribution in [0.1, 0.15) is 5.56 Å². The molecule has 0 atom stereocenters. The summed E-state index contributed by atoms with van der Waals surface area (Å²) in [7, 11) is 0. The van der Waals surface area contributed by atoms with Crippen LogP contribution in [0, 0.1) is 5.82 Å². The van der Waals surface area contributed by atoms with Gasteiger partial charge >= 0.3 is 0 Å². The van der Waals surface area contributed by atoms with Crippen molar-refractivity contribution >= 4 is 24.2 Å². The maximum atomic E-state index is 12.7. The number of rotatable bonds is 3. The van der Waals surface area contributed by atoms with Gasteiger partial charge in [0.1, 0.15) is 5.82 Å². The fourth-order valence-electron chi connectivity index (χ4n) is 1.56. The molecule has 0 fully saturated rings. The fraction of sp³-hybridized carbons (Fsp3) is 0.0714. The predicted molar refractivity (Wildman–Crippen MR) is 72.4 cm³/mol. The van der Waals surface area contributed by atoms with Crippen LogP contribution in [0.4, 0.5) is 10.1 Å². The molecule has 0 saturated carbocycles. The first-order valence-electron chi connectivity index (χ1n) is 5.47. The molecule has 1 amide bonds. The summed E-state index contributed by atoms with van der Waals surface area (Å²) in [5, 5.41) is 2.76. The molecule has 0 bridgehead atoms. The number of benzene rings is 2. The molecular formula is C14H12FNOS. The normalized spacial score (nSPS) is 10.1. The van der Waals surface area contributed by atoms with Crippen molar-refractivity contribution in [2.24, 2.45) is 0 Å². The van der Waals surface area contributed by atoms with Crippen molar-refractivity contribution in [1.82, 2.24) is 0 Å². The lowest BCUT2D eigenvalue weighted by atomic mass is 10.1. The molecule has 0 heterocycles. The first kappa shape index (κ1) is 12.6. The van der Waals surface area contributed by atoms with Crippen molar-refractivity contribution < 1.29 is 9.18 Å². The topological polar surface area (TPSA) is 29.1 Å². The smallest absolute Gasteiger partial charge is 0.228 e. The van der Waals surface area contributed by atoms with Gasteiger partial charge in [-0.2, -0.15) is 0 Å². The van der Waals surface area contributed by atoms with E-state index in [0.717, 1.165) is 5.56 Å². The second-order valence-electron chi connectivity index (χ2n) is 3.87. The lowest BCUT2D eigenvalue weighted by Crippen LogP contribution is -2.14. The van der Waals surface area contributed by atoms with Crippen LogP contribution >= 0.6 is 12.6 Å². The number of hydrogen-bond acceptors (Lipinski definition) is 2. The van der Waals surface area contributed by atoms with E-state index in [1.54, 1.807) is 24.3 Å². The summed E-state index contributed by atoms with van der Waals surface area (Å²) in [4.78, 5) is 12.5. The molecule has 0 saturated heterocycles. The Balaban J connectivity index is 2.01. The Hall–Kier alpha value is -1.81. The van der Waals surface area contributed by atoms with Crippen LogP contribution in [0.25, 0.3) is 0 Å². The Labute approximate surface area is 110 Å². The summed E-state index contributed by atoms with van der Waals surface area (Å²) >= 11 is 4.25. The van der Waals surface area contributed by atoms with Gasteiger partial charge in [0.15, 0.2) is 0 Å². The van der Waals surface area contributed by atoms with E-state index in [9.17, 15) is 9.18 Å². The molecule has 1 N–H and O–H groups in total. The highest BCUT2D eigenvalue weighted by Crippen LogP contribution is 2.18. The predicted octanol–water partition coefficient (Wildman–Crippen LogP) is 3.30.